The van der Waals surface area contributed by atoms with Crippen LogP contribution in [0.25, 0.3) is 22.5 Å². The third-order valence-electron chi connectivity index (χ3n) is 6.91. The smallest absolute Gasteiger partial charge is 0.338 e. The van der Waals surface area contributed by atoms with E-state index in [0.717, 1.165) is 22.3 Å². The molecule has 14 heteroatoms. The number of nitrogens with zero attached hydrogens (tertiary/aromatic N) is 6. The summed E-state index contributed by atoms with van der Waals surface area (Å²) in [6, 6.07) is 21.9. The number of ether oxygens (including phenoxy) is 1. The van der Waals surface area contributed by atoms with E-state index >= 15 is 0 Å². The number of aliphatic hydroxyl groups excluding tert-OH is 1. The summed E-state index contributed by atoms with van der Waals surface area (Å²) < 4.78 is 7.67. The molecule has 0 bridgehead atoms. The van der Waals surface area contributed by atoms with Crippen LogP contribution in [0.1, 0.15) is 58.9 Å². The van der Waals surface area contributed by atoms with Crippen molar-refractivity contribution in [2.24, 2.45) is 0 Å². The van der Waals surface area contributed by atoms with E-state index < -0.39 is 17.2 Å². The highest BCUT2D eigenvalue weighted by Gasteiger charge is 2.26. The molecule has 0 aliphatic carbocycles. The van der Waals surface area contributed by atoms with Gasteiger partial charge in [-0.15, -0.1) is 20.3 Å². The first-order chi connectivity index (χ1) is 21.4. The van der Waals surface area contributed by atoms with E-state index in [1.807, 2.05) is 55.5 Å². The largest absolute Gasteiger partial charge is 0.451 e. The fraction of sp³-hybridized carbons (Fsp3) is 0.233. The van der Waals surface area contributed by atoms with Gasteiger partial charge < -0.3 is 19.2 Å². The molecule has 2 heterocycles. The molecule has 1 unspecified atom stereocenters. The summed E-state index contributed by atoms with van der Waals surface area (Å²) in [6.45, 7) is 1.59. The third-order valence-corrected chi connectivity index (χ3v) is 7.21. The number of carbonyl (C=O) groups is 1. The molecule has 0 aliphatic rings. The monoisotopic (exact) mass is 617 g/mol. The number of hydrogen-bond donors (Lipinski definition) is 2. The van der Waals surface area contributed by atoms with E-state index in [9.17, 15) is 20.0 Å². The molecule has 1 atom stereocenters. The van der Waals surface area contributed by atoms with Gasteiger partial charge in [0.1, 0.15) is 6.61 Å². The molecule has 226 valence electrons. The Bertz CT molecular complexity index is 1740. The van der Waals surface area contributed by atoms with E-state index in [2.05, 4.69) is 30.4 Å². The summed E-state index contributed by atoms with van der Waals surface area (Å²) in [5.41, 5.74) is 4.66. The number of hydrogen-bond acceptors (Lipinski definition) is 10. The molecule has 3 aromatic carbocycles. The molecule has 2 N–H and O–H groups in total. The molecule has 0 amide bonds. The lowest BCUT2D eigenvalue weighted by Crippen LogP contribution is -2.18. The number of H-pyrrole nitrogens is 1. The molecule has 0 aliphatic heterocycles. The van der Waals surface area contributed by atoms with E-state index in [1.54, 1.807) is 22.8 Å². The van der Waals surface area contributed by atoms with Crippen LogP contribution in [-0.2, 0) is 29.3 Å². The maximum Gasteiger partial charge on any atom is 0.338 e. The van der Waals surface area contributed by atoms with Crippen molar-refractivity contribution in [3.8, 4) is 22.5 Å². The van der Waals surface area contributed by atoms with Crippen molar-refractivity contribution in [2.45, 2.75) is 45.6 Å². The first-order valence-electron chi connectivity index (χ1n) is 13.7. The van der Waals surface area contributed by atoms with Crippen LogP contribution >= 0.6 is 11.6 Å². The minimum atomic E-state index is -0.896. The molecule has 5 aromatic rings. The minimum absolute atomic E-state index is 0.115. The van der Waals surface area contributed by atoms with Crippen molar-refractivity contribution < 1.29 is 24.6 Å². The van der Waals surface area contributed by atoms with Crippen LogP contribution in [0.4, 0.5) is 0 Å². The zero-order valence-corrected chi connectivity index (χ0v) is 24.3. The predicted molar refractivity (Wildman–Crippen MR) is 159 cm³/mol. The summed E-state index contributed by atoms with van der Waals surface area (Å²) in [4.78, 5) is 32.7. The van der Waals surface area contributed by atoms with Crippen LogP contribution in [0.2, 0.25) is 5.15 Å². The standard InChI is InChI=1S/C30H28ClN7O6/c1-2-6-26(44-30(40)22-8-5-7-20(15-22)18-43-38(41)42)29-32-27(31)25(17-39)37(29)16-19-11-13-21(14-12-19)23-9-3-4-10-24(23)28-33-35-36-34-28/h3-5,7-15,26,39H,2,6,16-18H2,1H3,(H,33,34,35,36). The number of carbonyl (C=O) groups excluding carboxylic acids is 1. The molecular formula is C30H28ClN7O6. The van der Waals surface area contributed by atoms with Crippen LogP contribution < -0.4 is 0 Å². The average Bonchev–Trinajstić information content (AvgIpc) is 3.68. The second-order valence-corrected chi connectivity index (χ2v) is 10.2. The molecule has 0 saturated heterocycles. The number of aromatic amines is 1. The summed E-state index contributed by atoms with van der Waals surface area (Å²) in [5.74, 6) is 0.254. The summed E-state index contributed by atoms with van der Waals surface area (Å²) in [5, 5.41) is 34.3. The van der Waals surface area contributed by atoms with Crippen molar-refractivity contribution in [3.05, 3.63) is 116 Å². The minimum Gasteiger partial charge on any atom is -0.451 e. The Kier molecular flexibility index (Phi) is 9.57. The Labute approximate surface area is 256 Å². The Hall–Kier alpha value is -5.14. The van der Waals surface area contributed by atoms with Gasteiger partial charge in [0.05, 0.1) is 17.9 Å². The molecule has 44 heavy (non-hydrogen) atoms. The Morgan fingerprint density at radius 2 is 1.86 bits per heavy atom. The molecule has 13 nitrogen and oxygen atoms in total. The van der Waals surface area contributed by atoms with Gasteiger partial charge in [0.2, 0.25) is 5.82 Å². The van der Waals surface area contributed by atoms with Crippen LogP contribution in [-0.4, -0.2) is 46.3 Å². The number of tetrazole rings is 1. The van der Waals surface area contributed by atoms with Gasteiger partial charge in [0, 0.05) is 12.1 Å². The van der Waals surface area contributed by atoms with Gasteiger partial charge in [-0.05, 0) is 46.0 Å². The molecule has 5 rings (SSSR count). The normalized spacial score (nSPS) is 11.7. The van der Waals surface area contributed by atoms with Gasteiger partial charge >= 0.3 is 5.97 Å². The van der Waals surface area contributed by atoms with Crippen molar-refractivity contribution in [2.75, 3.05) is 0 Å². The van der Waals surface area contributed by atoms with Crippen molar-refractivity contribution >= 4 is 17.6 Å². The molecule has 0 fully saturated rings. The number of esters is 1. The Morgan fingerprint density at radius 3 is 2.55 bits per heavy atom. The molecule has 0 saturated carbocycles. The lowest BCUT2D eigenvalue weighted by atomic mass is 9.98. The Morgan fingerprint density at radius 1 is 1.09 bits per heavy atom. The molecular weight excluding hydrogens is 590 g/mol. The predicted octanol–water partition coefficient (Wildman–Crippen LogP) is 5.33. The van der Waals surface area contributed by atoms with Crippen LogP contribution in [0.3, 0.4) is 0 Å². The van der Waals surface area contributed by atoms with Gasteiger partial charge in [-0.25, -0.2) is 9.78 Å². The zero-order valence-electron chi connectivity index (χ0n) is 23.6. The highest BCUT2D eigenvalue weighted by molar-refractivity contribution is 6.30. The fourth-order valence-electron chi connectivity index (χ4n) is 4.84. The lowest BCUT2D eigenvalue weighted by molar-refractivity contribution is -0.763. The highest BCUT2D eigenvalue weighted by atomic mass is 35.5. The highest BCUT2D eigenvalue weighted by Crippen LogP contribution is 2.32. The fourth-order valence-corrected chi connectivity index (χ4v) is 5.09. The van der Waals surface area contributed by atoms with Crippen molar-refractivity contribution in [1.82, 2.24) is 30.2 Å². The number of halogens is 1. The first-order valence-corrected chi connectivity index (χ1v) is 14.1. The van der Waals surface area contributed by atoms with Gasteiger partial charge in [0.15, 0.2) is 17.1 Å². The average molecular weight is 618 g/mol. The second kappa shape index (κ2) is 13.9. The first kappa shape index (κ1) is 30.3. The number of rotatable bonds is 13. The van der Waals surface area contributed by atoms with Gasteiger partial charge in [-0.1, -0.05) is 85.6 Å². The van der Waals surface area contributed by atoms with Crippen LogP contribution in [0.5, 0.6) is 0 Å². The van der Waals surface area contributed by atoms with E-state index in [-0.39, 0.29) is 23.9 Å². The van der Waals surface area contributed by atoms with Gasteiger partial charge in [0.25, 0.3) is 5.09 Å². The second-order valence-electron chi connectivity index (χ2n) is 9.81. The summed E-state index contributed by atoms with van der Waals surface area (Å²) >= 11 is 6.45. The number of nitrogens with one attached hydrogen (secondary N) is 1. The zero-order chi connectivity index (χ0) is 31.1. The van der Waals surface area contributed by atoms with Gasteiger partial charge in [-0.3, -0.25) is 0 Å². The van der Waals surface area contributed by atoms with Crippen molar-refractivity contribution in [1.29, 1.82) is 0 Å². The topological polar surface area (TPSA) is 171 Å². The number of aromatic nitrogens is 6. The SMILES string of the molecule is CCCC(OC(=O)c1cccc(CO[N+](=O)[O-])c1)c1nc(Cl)c(CO)n1Cc1ccc(-c2ccccc2-c2nn[nH]n2)cc1. The third kappa shape index (κ3) is 6.90. The van der Waals surface area contributed by atoms with Crippen LogP contribution in [0.15, 0.2) is 72.8 Å². The van der Waals surface area contributed by atoms with E-state index in [4.69, 9.17) is 16.3 Å². The number of imidazole rings is 1. The molecule has 0 spiro atoms. The van der Waals surface area contributed by atoms with Crippen LogP contribution in [0, 0.1) is 10.1 Å². The number of aliphatic hydroxyl groups is 1. The van der Waals surface area contributed by atoms with E-state index in [0.29, 0.717) is 42.3 Å². The van der Waals surface area contributed by atoms with Crippen molar-refractivity contribution in [3.63, 3.8) is 0 Å². The van der Waals surface area contributed by atoms with Gasteiger partial charge in [-0.2, -0.15) is 5.21 Å². The molecule has 2 aromatic heterocycles. The summed E-state index contributed by atoms with van der Waals surface area (Å²) in [7, 11) is 0. The number of benzene rings is 3. The van der Waals surface area contributed by atoms with E-state index in [1.165, 1.54) is 6.07 Å². The maximum atomic E-state index is 13.2. The molecule has 0 radical (unpaired) electrons. The quantitative estimate of drug-likeness (QED) is 0.0999. The Balaban J connectivity index is 1.40. The maximum absolute atomic E-state index is 13.2. The lowest BCUT2D eigenvalue weighted by Gasteiger charge is -2.20. The summed E-state index contributed by atoms with van der Waals surface area (Å²) in [6.07, 6.45) is 0.340.